The van der Waals surface area contributed by atoms with Gasteiger partial charge in [0.1, 0.15) is 16.3 Å². The first kappa shape index (κ1) is 17.7. The minimum atomic E-state index is -3.56. The second-order valence-corrected chi connectivity index (χ2v) is 8.38. The summed E-state index contributed by atoms with van der Waals surface area (Å²) in [5.74, 6) is -0.0990. The summed E-state index contributed by atoms with van der Waals surface area (Å²) in [5.41, 5.74) is 2.14. The summed E-state index contributed by atoms with van der Waals surface area (Å²) in [5, 5.41) is 0. The average Bonchev–Trinajstić information content (AvgIpc) is 3.20. The van der Waals surface area contributed by atoms with Crippen molar-refractivity contribution >= 4 is 16.0 Å². The minimum absolute atomic E-state index is 0.129. The Balaban J connectivity index is 1.85. The molecule has 6 nitrogen and oxygen atoms in total. The SMILES string of the molecule is Cc1ccc(OC(=O)c2cc(S(=O)(=O)N3CCCC3)cn2C)c(C)c1. The summed E-state index contributed by atoms with van der Waals surface area (Å²) in [6.07, 6.45) is 3.20. The summed E-state index contributed by atoms with van der Waals surface area (Å²) in [4.78, 5) is 12.6. The summed E-state index contributed by atoms with van der Waals surface area (Å²) in [6, 6.07) is 6.92. The van der Waals surface area contributed by atoms with Crippen LogP contribution in [0.2, 0.25) is 0 Å². The number of nitrogens with zero attached hydrogens (tertiary/aromatic N) is 2. The molecule has 0 unspecified atom stereocenters. The third-order valence-electron chi connectivity index (χ3n) is 4.42. The maximum atomic E-state index is 12.6. The van der Waals surface area contributed by atoms with Gasteiger partial charge in [0.25, 0.3) is 0 Å². The van der Waals surface area contributed by atoms with Crippen LogP contribution in [0.4, 0.5) is 0 Å². The van der Waals surface area contributed by atoms with Crippen LogP contribution in [0, 0.1) is 13.8 Å². The average molecular weight is 362 g/mol. The highest BCUT2D eigenvalue weighted by Crippen LogP contribution is 2.24. The normalized spacial score (nSPS) is 15.5. The van der Waals surface area contributed by atoms with Crippen molar-refractivity contribution in [2.24, 2.45) is 7.05 Å². The molecule has 0 spiro atoms. The molecular formula is C18H22N2O4S. The van der Waals surface area contributed by atoms with Gasteiger partial charge in [0.15, 0.2) is 0 Å². The number of aromatic nitrogens is 1. The fourth-order valence-corrected chi connectivity index (χ4v) is 4.61. The molecule has 0 amide bonds. The van der Waals surface area contributed by atoms with E-state index in [9.17, 15) is 13.2 Å². The van der Waals surface area contributed by atoms with E-state index in [2.05, 4.69) is 0 Å². The van der Waals surface area contributed by atoms with E-state index in [0.717, 1.165) is 24.0 Å². The topological polar surface area (TPSA) is 68.6 Å². The van der Waals surface area contributed by atoms with Gasteiger partial charge in [-0.25, -0.2) is 13.2 Å². The highest BCUT2D eigenvalue weighted by atomic mass is 32.2. The van der Waals surface area contributed by atoms with Crippen LogP contribution >= 0.6 is 0 Å². The Morgan fingerprint density at radius 1 is 1.12 bits per heavy atom. The van der Waals surface area contributed by atoms with E-state index < -0.39 is 16.0 Å². The molecule has 3 rings (SSSR count). The minimum Gasteiger partial charge on any atom is -0.422 e. The van der Waals surface area contributed by atoms with E-state index in [-0.39, 0.29) is 10.6 Å². The van der Waals surface area contributed by atoms with Gasteiger partial charge in [-0.15, -0.1) is 0 Å². The first-order chi connectivity index (χ1) is 11.8. The highest BCUT2D eigenvalue weighted by molar-refractivity contribution is 7.89. The molecule has 134 valence electrons. The van der Waals surface area contributed by atoms with Crippen molar-refractivity contribution in [3.8, 4) is 5.75 Å². The molecule has 2 aromatic rings. The van der Waals surface area contributed by atoms with Crippen LogP contribution in [0.25, 0.3) is 0 Å². The summed E-state index contributed by atoms with van der Waals surface area (Å²) < 4.78 is 33.7. The smallest absolute Gasteiger partial charge is 0.360 e. The summed E-state index contributed by atoms with van der Waals surface area (Å²) >= 11 is 0. The molecular weight excluding hydrogens is 340 g/mol. The second-order valence-electron chi connectivity index (χ2n) is 6.44. The van der Waals surface area contributed by atoms with Gasteiger partial charge in [0.2, 0.25) is 10.0 Å². The van der Waals surface area contributed by atoms with Crippen LogP contribution in [0.15, 0.2) is 35.4 Å². The van der Waals surface area contributed by atoms with Gasteiger partial charge >= 0.3 is 5.97 Å². The molecule has 0 atom stereocenters. The number of hydrogen-bond acceptors (Lipinski definition) is 4. The lowest BCUT2D eigenvalue weighted by Gasteiger charge is -2.13. The Labute approximate surface area is 148 Å². The lowest BCUT2D eigenvalue weighted by Crippen LogP contribution is -2.27. The van der Waals surface area contributed by atoms with Crippen molar-refractivity contribution in [3.63, 3.8) is 0 Å². The summed E-state index contributed by atoms with van der Waals surface area (Å²) in [7, 11) is -1.92. The van der Waals surface area contributed by atoms with Gasteiger partial charge in [-0.3, -0.25) is 0 Å². The van der Waals surface area contributed by atoms with Gasteiger partial charge in [-0.2, -0.15) is 4.31 Å². The Kier molecular flexibility index (Phi) is 4.71. The molecule has 7 heteroatoms. The lowest BCUT2D eigenvalue weighted by atomic mass is 10.1. The fourth-order valence-electron chi connectivity index (χ4n) is 3.02. The molecule has 1 saturated heterocycles. The Hall–Kier alpha value is -2.12. The molecule has 2 heterocycles. The number of ether oxygens (including phenoxy) is 1. The molecule has 0 radical (unpaired) electrons. The number of aryl methyl sites for hydroxylation is 3. The molecule has 1 fully saturated rings. The molecule has 1 aliphatic rings. The third kappa shape index (κ3) is 3.48. The number of hydrogen-bond donors (Lipinski definition) is 0. The molecule has 0 N–H and O–H groups in total. The first-order valence-corrected chi connectivity index (χ1v) is 9.69. The zero-order valence-electron chi connectivity index (χ0n) is 14.7. The van der Waals surface area contributed by atoms with Crippen molar-refractivity contribution in [1.82, 2.24) is 8.87 Å². The van der Waals surface area contributed by atoms with Crippen LogP contribution in [-0.2, 0) is 17.1 Å². The predicted octanol–water partition coefficient (Wildman–Crippen LogP) is 2.65. The quantitative estimate of drug-likeness (QED) is 0.619. The van der Waals surface area contributed by atoms with Gasteiger partial charge in [-0.1, -0.05) is 17.7 Å². The van der Waals surface area contributed by atoms with Gasteiger partial charge in [0.05, 0.1) is 0 Å². The van der Waals surface area contributed by atoms with Crippen LogP contribution in [0.3, 0.4) is 0 Å². The van der Waals surface area contributed by atoms with Crippen molar-refractivity contribution in [2.45, 2.75) is 31.6 Å². The highest BCUT2D eigenvalue weighted by Gasteiger charge is 2.29. The molecule has 0 aliphatic carbocycles. The molecule has 25 heavy (non-hydrogen) atoms. The maximum Gasteiger partial charge on any atom is 0.360 e. The zero-order chi connectivity index (χ0) is 18.2. The predicted molar refractivity (Wildman–Crippen MR) is 94.3 cm³/mol. The fraction of sp³-hybridized carbons (Fsp3) is 0.389. The van der Waals surface area contributed by atoms with Crippen molar-refractivity contribution in [2.75, 3.05) is 13.1 Å². The third-order valence-corrected chi connectivity index (χ3v) is 6.29. The standard InChI is InChI=1S/C18H22N2O4S/c1-13-6-7-17(14(2)10-13)24-18(21)16-11-15(12-19(16)3)25(22,23)20-8-4-5-9-20/h6-7,10-12H,4-5,8-9H2,1-3H3. The van der Waals surface area contributed by atoms with E-state index in [1.165, 1.54) is 21.1 Å². The number of carbonyl (C=O) groups excluding carboxylic acids is 1. The van der Waals surface area contributed by atoms with Crippen LogP contribution in [-0.4, -0.2) is 36.3 Å². The van der Waals surface area contributed by atoms with E-state index in [1.807, 2.05) is 26.0 Å². The number of sulfonamides is 1. The summed E-state index contributed by atoms with van der Waals surface area (Å²) in [6.45, 7) is 4.88. The largest absolute Gasteiger partial charge is 0.422 e. The first-order valence-electron chi connectivity index (χ1n) is 8.25. The second kappa shape index (κ2) is 6.65. The number of benzene rings is 1. The van der Waals surface area contributed by atoms with Gasteiger partial charge in [-0.05, 0) is 44.4 Å². The van der Waals surface area contributed by atoms with Gasteiger partial charge in [0, 0.05) is 26.3 Å². The van der Waals surface area contributed by atoms with Crippen molar-refractivity contribution in [3.05, 3.63) is 47.3 Å². The molecule has 1 aromatic carbocycles. The van der Waals surface area contributed by atoms with Gasteiger partial charge < -0.3 is 9.30 Å². The van der Waals surface area contributed by atoms with Crippen LogP contribution < -0.4 is 4.74 Å². The molecule has 1 aliphatic heterocycles. The zero-order valence-corrected chi connectivity index (χ0v) is 15.5. The van der Waals surface area contributed by atoms with E-state index in [0.29, 0.717) is 18.8 Å². The maximum absolute atomic E-state index is 12.6. The number of rotatable bonds is 4. The Bertz CT molecular complexity index is 909. The lowest BCUT2D eigenvalue weighted by molar-refractivity contribution is 0.0723. The molecule has 0 bridgehead atoms. The van der Waals surface area contributed by atoms with E-state index in [4.69, 9.17) is 4.74 Å². The molecule has 1 aromatic heterocycles. The van der Waals surface area contributed by atoms with Crippen molar-refractivity contribution in [1.29, 1.82) is 0 Å². The number of carbonyl (C=O) groups is 1. The van der Waals surface area contributed by atoms with E-state index in [1.54, 1.807) is 13.1 Å². The number of esters is 1. The van der Waals surface area contributed by atoms with Crippen LogP contribution in [0.5, 0.6) is 5.75 Å². The Morgan fingerprint density at radius 3 is 2.44 bits per heavy atom. The van der Waals surface area contributed by atoms with E-state index >= 15 is 0 Å². The van der Waals surface area contributed by atoms with Crippen LogP contribution in [0.1, 0.15) is 34.5 Å². The Morgan fingerprint density at radius 2 is 1.80 bits per heavy atom. The monoisotopic (exact) mass is 362 g/mol. The molecule has 0 saturated carbocycles. The van der Waals surface area contributed by atoms with Crippen molar-refractivity contribution < 1.29 is 17.9 Å².